The van der Waals surface area contributed by atoms with Gasteiger partial charge in [0.1, 0.15) is 18.0 Å². The van der Waals surface area contributed by atoms with E-state index in [2.05, 4.69) is 6.07 Å². The number of hydrogen-bond acceptors (Lipinski definition) is 4. The number of aryl methyl sites for hydroxylation is 1. The van der Waals surface area contributed by atoms with Crippen molar-refractivity contribution in [1.29, 1.82) is 0 Å². The summed E-state index contributed by atoms with van der Waals surface area (Å²) in [6, 6.07) is 8.73. The van der Waals surface area contributed by atoms with E-state index >= 15 is 0 Å². The van der Waals surface area contributed by atoms with Gasteiger partial charge in [-0.15, -0.1) is 0 Å². The van der Waals surface area contributed by atoms with Crippen molar-refractivity contribution in [2.45, 2.75) is 19.6 Å². The fraction of sp³-hybridized carbons (Fsp3) is 0.400. The van der Waals surface area contributed by atoms with E-state index in [4.69, 9.17) is 4.74 Å². The van der Waals surface area contributed by atoms with Crippen LogP contribution >= 0.6 is 0 Å². The Hall–Kier alpha value is -2.81. The molecule has 0 saturated carbocycles. The molecule has 2 aromatic carbocycles. The number of alkyl halides is 3. The van der Waals surface area contributed by atoms with Gasteiger partial charge in [-0.1, -0.05) is 11.6 Å². The highest BCUT2D eigenvalue weighted by molar-refractivity contribution is 5.64. The Balaban J connectivity index is 1.73. The van der Waals surface area contributed by atoms with Gasteiger partial charge in [-0.3, -0.25) is 10.1 Å². The Morgan fingerprint density at radius 3 is 2.45 bits per heavy atom. The van der Waals surface area contributed by atoms with Gasteiger partial charge < -0.3 is 14.5 Å². The van der Waals surface area contributed by atoms with Crippen molar-refractivity contribution < 1.29 is 27.7 Å². The van der Waals surface area contributed by atoms with Gasteiger partial charge in [-0.05, 0) is 31.2 Å². The molecule has 1 aliphatic heterocycles. The maximum absolute atomic E-state index is 12.9. The van der Waals surface area contributed by atoms with Gasteiger partial charge in [0, 0.05) is 11.6 Å². The molecule has 1 fully saturated rings. The van der Waals surface area contributed by atoms with Crippen LogP contribution in [0.15, 0.2) is 36.4 Å². The summed E-state index contributed by atoms with van der Waals surface area (Å²) in [7, 11) is 1.63. The van der Waals surface area contributed by atoms with Crippen LogP contribution in [-0.4, -0.2) is 38.2 Å². The molecule has 0 spiro atoms. The Bertz CT molecular complexity index is 894. The highest BCUT2D eigenvalue weighted by Gasteiger charge is 2.34. The molecule has 1 saturated heterocycles. The zero-order chi connectivity index (χ0) is 21.2. The maximum atomic E-state index is 12.9. The van der Waals surface area contributed by atoms with E-state index in [1.165, 1.54) is 11.0 Å². The third-order valence-corrected chi connectivity index (χ3v) is 5.19. The molecule has 0 radical (unpaired) electrons. The first-order chi connectivity index (χ1) is 13.7. The number of hydrogen-bond donors (Lipinski definition) is 1. The molecule has 0 aromatic heterocycles. The highest BCUT2D eigenvalue weighted by Crippen LogP contribution is 2.36. The third-order valence-electron chi connectivity index (χ3n) is 5.19. The number of nitro benzene ring substituents is 1. The predicted octanol–water partition coefficient (Wildman–Crippen LogP) is 2.84. The number of methoxy groups -OCH3 is 1. The lowest BCUT2D eigenvalue weighted by atomic mass is 10.1. The summed E-state index contributed by atoms with van der Waals surface area (Å²) in [5, 5.41) is 11.3. The molecule has 6 nitrogen and oxygen atoms in total. The largest absolute Gasteiger partial charge is 0.496 e. The van der Waals surface area contributed by atoms with Crippen LogP contribution < -0.4 is 14.5 Å². The van der Waals surface area contributed by atoms with Crippen LogP contribution in [0, 0.1) is 17.0 Å². The van der Waals surface area contributed by atoms with Gasteiger partial charge in [0.15, 0.2) is 0 Å². The second-order valence-electron chi connectivity index (χ2n) is 7.19. The number of benzene rings is 2. The van der Waals surface area contributed by atoms with Crippen molar-refractivity contribution in [1.82, 2.24) is 0 Å². The van der Waals surface area contributed by atoms with E-state index < -0.39 is 22.4 Å². The van der Waals surface area contributed by atoms with Gasteiger partial charge in [-0.25, -0.2) is 0 Å². The summed E-state index contributed by atoms with van der Waals surface area (Å²) < 4.78 is 44.1. The molecule has 1 aliphatic rings. The Morgan fingerprint density at radius 1 is 1.17 bits per heavy atom. The number of piperazine rings is 1. The smallest absolute Gasteiger partial charge is 0.416 e. The molecule has 0 bridgehead atoms. The molecule has 29 heavy (non-hydrogen) atoms. The average Bonchev–Trinajstić information content (AvgIpc) is 2.67. The third kappa shape index (κ3) is 4.79. The Kier molecular flexibility index (Phi) is 5.97. The molecule has 9 heteroatoms. The van der Waals surface area contributed by atoms with Gasteiger partial charge in [0.05, 0.1) is 43.8 Å². The zero-order valence-electron chi connectivity index (χ0n) is 16.3. The van der Waals surface area contributed by atoms with E-state index in [1.807, 2.05) is 19.1 Å². The van der Waals surface area contributed by atoms with Gasteiger partial charge in [0.25, 0.3) is 5.69 Å². The molecule has 156 valence electrons. The van der Waals surface area contributed by atoms with Crippen molar-refractivity contribution >= 4 is 11.4 Å². The quantitative estimate of drug-likeness (QED) is 0.608. The minimum Gasteiger partial charge on any atom is -0.496 e. The minimum atomic E-state index is -4.61. The molecular weight excluding hydrogens is 387 g/mol. The van der Waals surface area contributed by atoms with Crippen LogP contribution in [0.25, 0.3) is 0 Å². The van der Waals surface area contributed by atoms with Crippen molar-refractivity contribution in [3.05, 3.63) is 63.2 Å². The number of nitrogens with zero attached hydrogens (tertiary/aromatic N) is 2. The van der Waals surface area contributed by atoms with Crippen LogP contribution in [0.4, 0.5) is 24.5 Å². The van der Waals surface area contributed by atoms with Crippen molar-refractivity contribution in [3.8, 4) is 5.75 Å². The van der Waals surface area contributed by atoms with Gasteiger partial charge >= 0.3 is 6.18 Å². The Morgan fingerprint density at radius 2 is 1.86 bits per heavy atom. The fourth-order valence-corrected chi connectivity index (χ4v) is 3.67. The topological polar surface area (TPSA) is 60.0 Å². The van der Waals surface area contributed by atoms with E-state index in [0.29, 0.717) is 19.2 Å². The second kappa shape index (κ2) is 8.28. The first kappa shape index (κ1) is 20.9. The average molecular weight is 410 g/mol. The molecule has 1 heterocycles. The molecular formula is C20H23F3N3O3+. The summed E-state index contributed by atoms with van der Waals surface area (Å²) in [6.07, 6.45) is -4.61. The van der Waals surface area contributed by atoms with Gasteiger partial charge in [-0.2, -0.15) is 13.2 Å². The summed E-state index contributed by atoms with van der Waals surface area (Å²) in [4.78, 5) is 13.7. The predicted molar refractivity (Wildman–Crippen MR) is 102 cm³/mol. The molecule has 2 aromatic rings. The summed E-state index contributed by atoms with van der Waals surface area (Å²) >= 11 is 0. The lowest BCUT2D eigenvalue weighted by Crippen LogP contribution is -3.13. The molecule has 0 aliphatic carbocycles. The number of nitro groups is 1. The zero-order valence-corrected chi connectivity index (χ0v) is 16.3. The van der Waals surface area contributed by atoms with Crippen LogP contribution in [0.5, 0.6) is 5.75 Å². The normalized spacial score (nSPS) is 15.4. The molecule has 1 N–H and O–H groups in total. The highest BCUT2D eigenvalue weighted by atomic mass is 19.4. The SMILES string of the molecule is COc1ccc(C)cc1C[NH+]1CCN(c2ccc(C(F)(F)F)cc2[N+](=O)[O-])CC1. The fourth-order valence-electron chi connectivity index (χ4n) is 3.67. The van der Waals surface area contributed by atoms with Crippen molar-refractivity contribution in [2.75, 3.05) is 38.2 Å². The van der Waals surface area contributed by atoms with Crippen LogP contribution in [0.1, 0.15) is 16.7 Å². The standard InChI is InChI=1S/C20H22F3N3O3/c1-14-3-6-19(29-2)15(11-14)13-24-7-9-25(10-8-24)17-5-4-16(20(21,22)23)12-18(17)26(27)28/h3-6,11-12H,7-10,13H2,1-2H3/p+1. The van der Waals surface area contributed by atoms with Crippen molar-refractivity contribution in [2.24, 2.45) is 0 Å². The summed E-state index contributed by atoms with van der Waals surface area (Å²) in [6.45, 7) is 5.25. The van der Waals surface area contributed by atoms with E-state index in [-0.39, 0.29) is 5.69 Å². The number of quaternary nitrogens is 1. The molecule has 0 unspecified atom stereocenters. The number of rotatable bonds is 5. The van der Waals surface area contributed by atoms with Crippen LogP contribution in [0.3, 0.4) is 0 Å². The maximum Gasteiger partial charge on any atom is 0.416 e. The van der Waals surface area contributed by atoms with Gasteiger partial charge in [0.2, 0.25) is 0 Å². The van der Waals surface area contributed by atoms with Crippen molar-refractivity contribution in [3.63, 3.8) is 0 Å². The minimum absolute atomic E-state index is 0.232. The summed E-state index contributed by atoms with van der Waals surface area (Å²) in [5.41, 5.74) is 0.943. The first-order valence-corrected chi connectivity index (χ1v) is 9.26. The lowest BCUT2D eigenvalue weighted by Gasteiger charge is -2.33. The monoisotopic (exact) mass is 410 g/mol. The molecule has 3 rings (SSSR count). The second-order valence-corrected chi connectivity index (χ2v) is 7.19. The Labute approximate surface area is 166 Å². The van der Waals surface area contributed by atoms with E-state index in [1.54, 1.807) is 12.0 Å². The van der Waals surface area contributed by atoms with Crippen LogP contribution in [-0.2, 0) is 12.7 Å². The van der Waals surface area contributed by atoms with Crippen LogP contribution in [0.2, 0.25) is 0 Å². The lowest BCUT2D eigenvalue weighted by molar-refractivity contribution is -0.914. The van der Waals surface area contributed by atoms with E-state index in [0.717, 1.165) is 42.6 Å². The number of anilines is 1. The number of nitrogens with one attached hydrogen (secondary N) is 1. The molecule has 0 amide bonds. The summed E-state index contributed by atoms with van der Waals surface area (Å²) in [5.74, 6) is 0.823. The molecule has 0 atom stereocenters. The number of ether oxygens (including phenoxy) is 1. The van der Waals surface area contributed by atoms with E-state index in [9.17, 15) is 23.3 Å². The number of halogens is 3. The first-order valence-electron chi connectivity index (χ1n) is 9.26.